The predicted molar refractivity (Wildman–Crippen MR) is 133 cm³/mol. The molecule has 0 radical (unpaired) electrons. The molecule has 1 aromatic heterocycles. The van der Waals surface area contributed by atoms with Gasteiger partial charge in [0, 0.05) is 19.6 Å². The van der Waals surface area contributed by atoms with Crippen LogP contribution in [0.4, 0.5) is 4.39 Å². The molecule has 0 saturated carbocycles. The fourth-order valence-electron chi connectivity index (χ4n) is 4.37. The van der Waals surface area contributed by atoms with Gasteiger partial charge in [0.05, 0.1) is 12.9 Å². The van der Waals surface area contributed by atoms with Crippen LogP contribution in [0.3, 0.4) is 0 Å². The minimum absolute atomic E-state index is 0.00493. The van der Waals surface area contributed by atoms with Crippen LogP contribution in [0, 0.1) is 12.7 Å². The SMILES string of the molecule is CCCN1C(=O)c2c(C(=O)NCc3ccc(F)cc3)ncn2CC1(C)C(=O)NCc1ccc(C)cc1. The maximum absolute atomic E-state index is 13.6. The molecule has 0 bridgehead atoms. The zero-order chi connectivity index (χ0) is 25.9. The molecule has 8 nitrogen and oxygen atoms in total. The molecular formula is C27H30FN5O3. The highest BCUT2D eigenvalue weighted by molar-refractivity contribution is 6.07. The van der Waals surface area contributed by atoms with E-state index in [-0.39, 0.29) is 36.2 Å². The Hall–Kier alpha value is -4.01. The molecule has 1 aliphatic heterocycles. The van der Waals surface area contributed by atoms with Gasteiger partial charge in [-0.1, -0.05) is 48.9 Å². The molecule has 9 heteroatoms. The summed E-state index contributed by atoms with van der Waals surface area (Å²) in [6.07, 6.45) is 2.07. The number of carbonyl (C=O) groups excluding carboxylic acids is 3. The first-order valence-corrected chi connectivity index (χ1v) is 12.0. The number of aryl methyl sites for hydroxylation is 1. The Morgan fingerprint density at radius 3 is 2.28 bits per heavy atom. The molecule has 188 valence electrons. The normalized spacial score (nSPS) is 17.0. The molecule has 2 heterocycles. The number of nitrogens with one attached hydrogen (secondary N) is 2. The van der Waals surface area contributed by atoms with E-state index in [9.17, 15) is 18.8 Å². The van der Waals surface area contributed by atoms with Crippen molar-refractivity contribution in [1.29, 1.82) is 0 Å². The predicted octanol–water partition coefficient (Wildman–Crippen LogP) is 3.20. The highest BCUT2D eigenvalue weighted by Crippen LogP contribution is 2.29. The van der Waals surface area contributed by atoms with Gasteiger partial charge in [-0.3, -0.25) is 14.4 Å². The summed E-state index contributed by atoms with van der Waals surface area (Å²) in [6, 6.07) is 13.7. The van der Waals surface area contributed by atoms with Crippen LogP contribution in [-0.4, -0.2) is 44.3 Å². The van der Waals surface area contributed by atoms with E-state index in [0.717, 1.165) is 16.7 Å². The number of benzene rings is 2. The first-order chi connectivity index (χ1) is 17.2. The minimum atomic E-state index is -1.15. The third kappa shape index (κ3) is 5.00. The smallest absolute Gasteiger partial charge is 0.273 e. The Morgan fingerprint density at radius 1 is 1.03 bits per heavy atom. The maximum atomic E-state index is 13.6. The molecule has 1 atom stereocenters. The minimum Gasteiger partial charge on any atom is -0.350 e. The zero-order valence-corrected chi connectivity index (χ0v) is 20.7. The van der Waals surface area contributed by atoms with Gasteiger partial charge in [0.25, 0.3) is 11.8 Å². The number of amides is 3. The Balaban J connectivity index is 1.53. The van der Waals surface area contributed by atoms with Gasteiger partial charge in [0.1, 0.15) is 17.1 Å². The Morgan fingerprint density at radius 2 is 1.64 bits per heavy atom. The van der Waals surface area contributed by atoms with Crippen molar-refractivity contribution in [2.24, 2.45) is 0 Å². The summed E-state index contributed by atoms with van der Waals surface area (Å²) in [5.41, 5.74) is 1.83. The number of rotatable bonds is 8. The maximum Gasteiger partial charge on any atom is 0.273 e. The summed E-state index contributed by atoms with van der Waals surface area (Å²) in [5.74, 6) is -1.56. The summed E-state index contributed by atoms with van der Waals surface area (Å²) >= 11 is 0. The molecule has 1 unspecified atom stereocenters. The number of hydrogen-bond donors (Lipinski definition) is 2. The summed E-state index contributed by atoms with van der Waals surface area (Å²) in [7, 11) is 0. The number of fused-ring (bicyclic) bond motifs is 1. The molecule has 0 aliphatic carbocycles. The lowest BCUT2D eigenvalue weighted by atomic mass is 9.93. The molecule has 3 amide bonds. The van der Waals surface area contributed by atoms with Crippen LogP contribution in [0.2, 0.25) is 0 Å². The van der Waals surface area contributed by atoms with Gasteiger partial charge in [-0.25, -0.2) is 9.37 Å². The molecule has 3 aromatic rings. The van der Waals surface area contributed by atoms with Crippen molar-refractivity contribution in [3.8, 4) is 0 Å². The molecule has 4 rings (SSSR count). The van der Waals surface area contributed by atoms with Crippen molar-refractivity contribution >= 4 is 17.7 Å². The summed E-state index contributed by atoms with van der Waals surface area (Å²) in [6.45, 7) is 6.71. The number of carbonyl (C=O) groups is 3. The lowest BCUT2D eigenvalue weighted by molar-refractivity contribution is -0.133. The Labute approximate surface area is 209 Å². The van der Waals surface area contributed by atoms with Gasteiger partial charge < -0.3 is 20.1 Å². The first-order valence-electron chi connectivity index (χ1n) is 12.0. The molecule has 0 spiro atoms. The fraction of sp³-hybridized carbons (Fsp3) is 0.333. The van der Waals surface area contributed by atoms with Crippen molar-refractivity contribution in [3.63, 3.8) is 0 Å². The largest absolute Gasteiger partial charge is 0.350 e. The third-order valence-corrected chi connectivity index (χ3v) is 6.45. The van der Waals surface area contributed by atoms with E-state index in [4.69, 9.17) is 0 Å². The van der Waals surface area contributed by atoms with Gasteiger partial charge in [0.2, 0.25) is 5.91 Å². The van der Waals surface area contributed by atoms with Crippen LogP contribution in [0.15, 0.2) is 54.9 Å². The summed E-state index contributed by atoms with van der Waals surface area (Å²) in [5, 5.41) is 5.70. The monoisotopic (exact) mass is 491 g/mol. The quantitative estimate of drug-likeness (QED) is 0.506. The molecule has 36 heavy (non-hydrogen) atoms. The Bertz CT molecular complexity index is 1270. The second-order valence-electron chi connectivity index (χ2n) is 9.28. The summed E-state index contributed by atoms with van der Waals surface area (Å²) < 4.78 is 14.7. The van der Waals surface area contributed by atoms with Gasteiger partial charge in [-0.05, 0) is 43.5 Å². The van der Waals surface area contributed by atoms with Gasteiger partial charge in [-0.2, -0.15) is 0 Å². The zero-order valence-electron chi connectivity index (χ0n) is 20.7. The number of aromatic nitrogens is 2. The van der Waals surface area contributed by atoms with Crippen LogP contribution in [0.1, 0.15) is 57.9 Å². The fourth-order valence-corrected chi connectivity index (χ4v) is 4.37. The van der Waals surface area contributed by atoms with Crippen molar-refractivity contribution in [2.45, 2.75) is 52.4 Å². The molecule has 0 fully saturated rings. The molecule has 2 aromatic carbocycles. The lowest BCUT2D eigenvalue weighted by Crippen LogP contribution is -2.64. The van der Waals surface area contributed by atoms with E-state index in [1.54, 1.807) is 23.6 Å². The highest BCUT2D eigenvalue weighted by atomic mass is 19.1. The highest BCUT2D eigenvalue weighted by Gasteiger charge is 2.48. The van der Waals surface area contributed by atoms with Crippen LogP contribution in [-0.2, 0) is 24.4 Å². The van der Waals surface area contributed by atoms with Gasteiger partial charge in [-0.15, -0.1) is 0 Å². The van der Waals surface area contributed by atoms with Crippen molar-refractivity contribution < 1.29 is 18.8 Å². The number of imidazole rings is 1. The number of halogens is 1. The second kappa shape index (κ2) is 10.3. The van der Waals surface area contributed by atoms with E-state index in [2.05, 4.69) is 15.6 Å². The van der Waals surface area contributed by atoms with E-state index in [0.29, 0.717) is 19.5 Å². The first kappa shape index (κ1) is 25.1. The topological polar surface area (TPSA) is 96.3 Å². The van der Waals surface area contributed by atoms with Crippen LogP contribution < -0.4 is 10.6 Å². The average molecular weight is 492 g/mol. The lowest BCUT2D eigenvalue weighted by Gasteiger charge is -2.43. The number of hydrogen-bond acceptors (Lipinski definition) is 4. The van der Waals surface area contributed by atoms with Crippen LogP contribution in [0.25, 0.3) is 0 Å². The van der Waals surface area contributed by atoms with Crippen LogP contribution >= 0.6 is 0 Å². The standard InChI is InChI=1S/C27H30FN5O3/c1-4-13-33-25(35)23-22(24(34)29-14-20-9-11-21(28)12-10-20)31-17-32(23)16-27(33,3)26(36)30-15-19-7-5-18(2)6-8-19/h5-12,17H,4,13-16H2,1-3H3,(H,29,34)(H,30,36). The van der Waals surface area contributed by atoms with Gasteiger partial charge in [0.15, 0.2) is 5.69 Å². The van der Waals surface area contributed by atoms with Crippen LogP contribution in [0.5, 0.6) is 0 Å². The van der Waals surface area contributed by atoms with Crippen molar-refractivity contribution in [2.75, 3.05) is 6.54 Å². The number of nitrogens with zero attached hydrogens (tertiary/aromatic N) is 3. The third-order valence-electron chi connectivity index (χ3n) is 6.45. The molecule has 1 aliphatic rings. The molecule has 2 N–H and O–H groups in total. The second-order valence-corrected chi connectivity index (χ2v) is 9.28. The summed E-state index contributed by atoms with van der Waals surface area (Å²) in [4.78, 5) is 45.6. The van der Waals surface area contributed by atoms with E-state index in [1.165, 1.54) is 23.4 Å². The van der Waals surface area contributed by atoms with E-state index >= 15 is 0 Å². The molecular weight excluding hydrogens is 461 g/mol. The average Bonchev–Trinajstić information content (AvgIpc) is 3.29. The van der Waals surface area contributed by atoms with E-state index < -0.39 is 17.4 Å². The van der Waals surface area contributed by atoms with Gasteiger partial charge >= 0.3 is 0 Å². The van der Waals surface area contributed by atoms with Crippen molar-refractivity contribution in [1.82, 2.24) is 25.1 Å². The Kier molecular flexibility index (Phi) is 7.19. The van der Waals surface area contributed by atoms with E-state index in [1.807, 2.05) is 38.1 Å². The molecule has 0 saturated heterocycles. The van der Waals surface area contributed by atoms with Crippen molar-refractivity contribution in [3.05, 3.63) is 88.8 Å².